The first-order valence-corrected chi connectivity index (χ1v) is 12.0. The Bertz CT molecular complexity index is 1600. The molecule has 0 amide bonds. The molecule has 3 aromatic carbocycles. The summed E-state index contributed by atoms with van der Waals surface area (Å²) >= 11 is 0. The molecule has 0 atom stereocenters. The summed E-state index contributed by atoms with van der Waals surface area (Å²) in [5, 5.41) is 2.27. The summed E-state index contributed by atoms with van der Waals surface area (Å²) in [6.45, 7) is 8.59. The van der Waals surface area contributed by atoms with Crippen molar-refractivity contribution in [3.63, 3.8) is 0 Å². The van der Waals surface area contributed by atoms with E-state index in [1.54, 1.807) is 0 Å². The van der Waals surface area contributed by atoms with Gasteiger partial charge in [0.2, 0.25) is 0 Å². The Balaban J connectivity index is 0.00000280. The molecule has 2 aromatic heterocycles. The summed E-state index contributed by atoms with van der Waals surface area (Å²) in [5.74, 6) is 2.12. The van der Waals surface area contributed by atoms with Crippen molar-refractivity contribution in [2.45, 2.75) is 26.2 Å². The van der Waals surface area contributed by atoms with Crippen molar-refractivity contribution in [1.82, 2.24) is 14.5 Å². The van der Waals surface area contributed by atoms with E-state index in [2.05, 4.69) is 79.9 Å². The molecule has 6 heteroatoms. The van der Waals surface area contributed by atoms with E-state index in [4.69, 9.17) is 9.72 Å². The summed E-state index contributed by atoms with van der Waals surface area (Å²) < 4.78 is 8.40. The van der Waals surface area contributed by atoms with E-state index in [1.165, 1.54) is 5.56 Å². The number of pyridine rings is 1. The maximum absolute atomic E-state index is 6.24. The fourth-order valence-corrected chi connectivity index (χ4v) is 4.49. The van der Waals surface area contributed by atoms with Crippen LogP contribution in [0.3, 0.4) is 0 Å². The second-order valence-electron chi connectivity index (χ2n) is 10.1. The summed E-state index contributed by atoms with van der Waals surface area (Å²) in [5.41, 5.74) is 4.17. The molecule has 37 heavy (non-hydrogen) atoms. The molecule has 3 heterocycles. The smallest absolute Gasteiger partial charge is 0.135 e. The molecular formula is C31H27N4OPt-3. The van der Waals surface area contributed by atoms with Crippen molar-refractivity contribution in [2.24, 2.45) is 0 Å². The molecule has 5 aromatic rings. The van der Waals surface area contributed by atoms with Gasteiger partial charge in [0.1, 0.15) is 5.82 Å². The third kappa shape index (κ3) is 4.76. The summed E-state index contributed by atoms with van der Waals surface area (Å²) in [4.78, 5) is 8.83. The van der Waals surface area contributed by atoms with Crippen LogP contribution in [0.4, 0.5) is 5.69 Å². The van der Waals surface area contributed by atoms with Crippen molar-refractivity contribution in [3.8, 4) is 17.3 Å². The summed E-state index contributed by atoms with van der Waals surface area (Å²) in [7, 11) is 1.99. The third-order valence-electron chi connectivity index (χ3n) is 6.42. The largest absolute Gasteiger partial charge is 0.510 e. The van der Waals surface area contributed by atoms with Gasteiger partial charge in [0, 0.05) is 44.3 Å². The van der Waals surface area contributed by atoms with E-state index in [1.807, 2.05) is 66.4 Å². The minimum atomic E-state index is 0. The molecule has 6 rings (SSSR count). The number of hydrogen-bond acceptors (Lipinski definition) is 4. The van der Waals surface area contributed by atoms with Crippen molar-refractivity contribution < 1.29 is 25.8 Å². The van der Waals surface area contributed by atoms with Crippen LogP contribution < -0.4 is 9.64 Å². The zero-order valence-corrected chi connectivity index (χ0v) is 23.4. The van der Waals surface area contributed by atoms with Gasteiger partial charge >= 0.3 is 0 Å². The maximum Gasteiger partial charge on any atom is 0.135 e. The Labute approximate surface area is 232 Å². The van der Waals surface area contributed by atoms with Gasteiger partial charge < -0.3 is 19.1 Å². The second kappa shape index (κ2) is 9.72. The molecule has 0 radical (unpaired) electrons. The number of hydrogen-bond donors (Lipinski definition) is 0. The average Bonchev–Trinajstić information content (AvgIpc) is 3.45. The van der Waals surface area contributed by atoms with Crippen molar-refractivity contribution in [2.75, 3.05) is 11.9 Å². The van der Waals surface area contributed by atoms with Crippen LogP contribution in [-0.2, 0) is 26.5 Å². The third-order valence-corrected chi connectivity index (χ3v) is 6.42. The van der Waals surface area contributed by atoms with Gasteiger partial charge in [0.05, 0.1) is 0 Å². The maximum atomic E-state index is 6.24. The monoisotopic (exact) mass is 666 g/mol. The van der Waals surface area contributed by atoms with Crippen LogP contribution in [-0.4, -0.2) is 21.5 Å². The van der Waals surface area contributed by atoms with E-state index in [9.17, 15) is 0 Å². The Morgan fingerprint density at radius 3 is 2.38 bits per heavy atom. The normalized spacial score (nSPS) is 13.4. The molecule has 0 spiro atoms. The van der Waals surface area contributed by atoms with Crippen LogP contribution in [0.15, 0.2) is 85.3 Å². The van der Waals surface area contributed by atoms with Gasteiger partial charge in [-0.2, -0.15) is 18.8 Å². The van der Waals surface area contributed by atoms with Gasteiger partial charge in [-0.25, -0.2) is 4.98 Å². The first-order chi connectivity index (χ1) is 17.4. The van der Waals surface area contributed by atoms with E-state index < -0.39 is 0 Å². The van der Waals surface area contributed by atoms with Crippen LogP contribution in [0, 0.1) is 18.8 Å². The minimum absolute atomic E-state index is 0. The molecular weight excluding hydrogens is 639 g/mol. The molecule has 0 aliphatic carbocycles. The van der Waals surface area contributed by atoms with Crippen LogP contribution in [0.1, 0.15) is 26.3 Å². The zero-order valence-electron chi connectivity index (χ0n) is 21.2. The van der Waals surface area contributed by atoms with E-state index in [-0.39, 0.29) is 26.5 Å². The van der Waals surface area contributed by atoms with Gasteiger partial charge in [0.25, 0.3) is 0 Å². The van der Waals surface area contributed by atoms with Gasteiger partial charge in [-0.3, -0.25) is 0 Å². The van der Waals surface area contributed by atoms with E-state index in [0.29, 0.717) is 11.5 Å². The van der Waals surface area contributed by atoms with Crippen LogP contribution >= 0.6 is 0 Å². The number of nitrogens with zero attached hydrogens (tertiary/aromatic N) is 4. The fraction of sp³-hybridized carbons (Fsp3) is 0.161. The zero-order chi connectivity index (χ0) is 24.9. The number of para-hydroxylation sites is 1. The number of aromatic nitrogens is 2. The molecule has 0 N–H and O–H groups in total. The van der Waals surface area contributed by atoms with E-state index >= 15 is 0 Å². The van der Waals surface area contributed by atoms with E-state index in [0.717, 1.165) is 33.3 Å². The number of ether oxygens (including phenoxy) is 1. The van der Waals surface area contributed by atoms with Crippen LogP contribution in [0.5, 0.6) is 11.5 Å². The van der Waals surface area contributed by atoms with Gasteiger partial charge in [-0.15, -0.1) is 41.4 Å². The minimum Gasteiger partial charge on any atom is -0.510 e. The Kier molecular flexibility index (Phi) is 6.59. The van der Waals surface area contributed by atoms with Crippen molar-refractivity contribution >= 4 is 27.5 Å². The molecule has 5 nitrogen and oxygen atoms in total. The predicted molar refractivity (Wildman–Crippen MR) is 145 cm³/mol. The number of benzene rings is 3. The predicted octanol–water partition coefficient (Wildman–Crippen LogP) is 7.21. The fourth-order valence-electron chi connectivity index (χ4n) is 4.49. The molecule has 0 saturated heterocycles. The second-order valence-corrected chi connectivity index (χ2v) is 10.1. The number of rotatable bonds is 4. The molecule has 1 aliphatic rings. The summed E-state index contributed by atoms with van der Waals surface area (Å²) in [6, 6.07) is 29.4. The van der Waals surface area contributed by atoms with Gasteiger partial charge in [-0.05, 0) is 47.9 Å². The molecule has 0 bridgehead atoms. The standard InChI is InChI=1S/C31H27N4O.Pt/c1-31(2,3)22-12-15-30(32-20-22)35-28-11-6-5-10-26(28)27-14-13-25(19-29(27)35)36-24-9-7-8-23(18-24)34-17-16-33(4)21-34;/h5-17,20-21H,1-4H3;/q-3;. The van der Waals surface area contributed by atoms with Crippen LogP contribution in [0.25, 0.3) is 27.6 Å². The molecule has 0 saturated carbocycles. The first-order valence-electron chi connectivity index (χ1n) is 12.0. The van der Waals surface area contributed by atoms with Crippen LogP contribution in [0.2, 0.25) is 0 Å². The topological polar surface area (TPSA) is 33.5 Å². The molecule has 190 valence electrons. The summed E-state index contributed by atoms with van der Waals surface area (Å²) in [6.07, 6.45) is 5.95. The molecule has 1 aliphatic heterocycles. The quantitative estimate of drug-likeness (QED) is 0.190. The Morgan fingerprint density at radius 2 is 1.65 bits per heavy atom. The van der Waals surface area contributed by atoms with Gasteiger partial charge in [0.15, 0.2) is 0 Å². The average molecular weight is 667 g/mol. The van der Waals surface area contributed by atoms with Crippen molar-refractivity contribution in [1.29, 1.82) is 0 Å². The number of fused-ring (bicyclic) bond motifs is 3. The van der Waals surface area contributed by atoms with Crippen molar-refractivity contribution in [3.05, 3.63) is 110 Å². The first kappa shape index (κ1) is 25.1. The molecule has 0 unspecified atom stereocenters. The van der Waals surface area contributed by atoms with Gasteiger partial charge in [-0.1, -0.05) is 50.6 Å². The SMILES string of the molecule is CN1C=CN(c2[c-]c(Oc3[c-]c4c(cc3)c3ccccc3n4-c3ccc(C(C)(C)C)cn3)ccc2)[CH-]1.[Pt]. The Hall–Kier alpha value is -3.56. The molecule has 0 fully saturated rings. The Morgan fingerprint density at radius 1 is 0.838 bits per heavy atom. The number of anilines is 1.